The highest BCUT2D eigenvalue weighted by Gasteiger charge is 2.31. The highest BCUT2D eigenvalue weighted by atomic mass is 31.2. The van der Waals surface area contributed by atoms with Crippen molar-refractivity contribution in [2.24, 2.45) is 17.4 Å². The van der Waals surface area contributed by atoms with Crippen LogP contribution in [0.5, 0.6) is 5.75 Å². The Morgan fingerprint density at radius 2 is 1.62 bits per heavy atom. The minimum Gasteiger partial charge on any atom is -0.404 e. The van der Waals surface area contributed by atoms with Gasteiger partial charge in [-0.2, -0.15) is 0 Å². The van der Waals surface area contributed by atoms with E-state index in [1.807, 2.05) is 13.8 Å². The average Bonchev–Trinajstić information content (AvgIpc) is 2.91. The van der Waals surface area contributed by atoms with Crippen molar-refractivity contribution >= 4 is 43.3 Å². The van der Waals surface area contributed by atoms with E-state index in [2.05, 4.69) is 27.1 Å². The summed E-state index contributed by atoms with van der Waals surface area (Å²) in [5.41, 5.74) is 11.2. The first-order valence-corrected chi connectivity index (χ1v) is 15.6. The van der Waals surface area contributed by atoms with E-state index in [-0.39, 0.29) is 50.3 Å². The normalized spacial score (nSPS) is 13.1. The molecule has 0 fully saturated rings. The van der Waals surface area contributed by atoms with E-state index in [0.29, 0.717) is 5.56 Å². The topological polar surface area (TPSA) is 261 Å². The van der Waals surface area contributed by atoms with E-state index in [0.717, 1.165) is 4.90 Å². The number of nitrogens with one attached hydrogen (secondary N) is 3. The number of carbonyl (C=O) groups is 6. The van der Waals surface area contributed by atoms with Gasteiger partial charge in [0.1, 0.15) is 23.9 Å². The summed E-state index contributed by atoms with van der Waals surface area (Å²) in [6, 6.07) is 1.88. The molecule has 9 N–H and O–H groups in total. The van der Waals surface area contributed by atoms with Crippen molar-refractivity contribution in [1.29, 1.82) is 0 Å². The Labute approximate surface area is 261 Å². The molecule has 0 bridgehead atoms. The summed E-state index contributed by atoms with van der Waals surface area (Å²) in [6.07, 6.45) is 1.47. The average molecular weight is 655 g/mol. The van der Waals surface area contributed by atoms with Crippen molar-refractivity contribution < 1.29 is 47.6 Å². The number of nitrogens with two attached hydrogens (primary N) is 2. The Morgan fingerprint density at radius 3 is 2.11 bits per heavy atom. The Kier molecular flexibility index (Phi) is 15.9. The molecule has 0 radical (unpaired) electrons. The quantitative estimate of drug-likeness (QED) is 0.0692. The molecule has 6 amide bonds. The first-order chi connectivity index (χ1) is 20.9. The molecule has 0 saturated carbocycles. The predicted octanol–water partition coefficient (Wildman–Crippen LogP) is -0.623. The molecule has 0 unspecified atom stereocenters. The standard InChI is InChI=1S/C28H43N6O10P/c1-5-6-13-34(16-25(37)32-22(26(30)38)14-17(2)3)28(40)21(11-12-24(29)36)33-27(39)23(31-18(4)35)15-19-7-9-20(10-8-19)44-45(41,42)43/h5,7-10,17,21-23H,1,6,11-16H2,2-4H3,(H2,29,36)(H2,30,38)(H,31,35)(H,32,37)(H,33,39)(H2,41,42,43)/t21-,22-,23-/m0/s1. The van der Waals surface area contributed by atoms with Crippen LogP contribution in [-0.4, -0.2) is 81.3 Å². The molecule has 0 heterocycles. The molecule has 1 rings (SSSR count). The monoisotopic (exact) mass is 654 g/mol. The molecule has 0 saturated heterocycles. The van der Waals surface area contributed by atoms with Crippen LogP contribution >= 0.6 is 7.82 Å². The Bertz CT molecular complexity index is 1270. The number of amides is 6. The van der Waals surface area contributed by atoms with Crippen molar-refractivity contribution in [3.8, 4) is 5.75 Å². The molecular formula is C28H43N6O10P. The SMILES string of the molecule is C=CCCN(CC(=O)N[C@@H](CC(C)C)C(N)=O)C(=O)[C@H](CCC(N)=O)NC(=O)[C@H](Cc1ccc(OP(=O)(O)O)cc1)NC(C)=O. The number of hydrogen-bond acceptors (Lipinski definition) is 8. The molecule has 0 spiro atoms. The summed E-state index contributed by atoms with van der Waals surface area (Å²) in [5.74, 6) is -4.31. The molecule has 45 heavy (non-hydrogen) atoms. The molecule has 1 aromatic rings. The third-order valence-electron chi connectivity index (χ3n) is 6.21. The van der Waals surface area contributed by atoms with Gasteiger partial charge in [0.25, 0.3) is 0 Å². The lowest BCUT2D eigenvalue weighted by molar-refractivity contribution is -0.140. The van der Waals surface area contributed by atoms with Crippen molar-refractivity contribution in [2.75, 3.05) is 13.1 Å². The first-order valence-electron chi connectivity index (χ1n) is 14.1. The number of hydrogen-bond donors (Lipinski definition) is 7. The van der Waals surface area contributed by atoms with E-state index in [4.69, 9.17) is 21.3 Å². The summed E-state index contributed by atoms with van der Waals surface area (Å²) in [5, 5.41) is 7.56. The zero-order chi connectivity index (χ0) is 34.3. The van der Waals surface area contributed by atoms with Crippen LogP contribution in [0, 0.1) is 5.92 Å². The minimum atomic E-state index is -4.79. The number of nitrogens with zero attached hydrogens (tertiary/aromatic N) is 1. The zero-order valence-corrected chi connectivity index (χ0v) is 26.5. The fourth-order valence-corrected chi connectivity index (χ4v) is 4.59. The second kappa shape index (κ2) is 18.5. The number of phosphoric acid groups is 1. The number of primary amides is 2. The van der Waals surface area contributed by atoms with Crippen molar-refractivity contribution in [1.82, 2.24) is 20.9 Å². The van der Waals surface area contributed by atoms with E-state index in [1.54, 1.807) is 0 Å². The van der Waals surface area contributed by atoms with E-state index in [1.165, 1.54) is 37.3 Å². The van der Waals surface area contributed by atoms with Gasteiger partial charge in [0.05, 0.1) is 6.54 Å². The fourth-order valence-electron chi connectivity index (χ4n) is 4.20. The number of rotatable bonds is 20. The summed E-state index contributed by atoms with van der Waals surface area (Å²) in [4.78, 5) is 94.4. The Balaban J connectivity index is 3.22. The molecular weight excluding hydrogens is 611 g/mol. The van der Waals surface area contributed by atoms with Crippen LogP contribution in [0.3, 0.4) is 0 Å². The molecule has 0 aliphatic heterocycles. The molecule has 250 valence electrons. The third-order valence-corrected chi connectivity index (χ3v) is 6.66. The molecule has 17 heteroatoms. The molecule has 16 nitrogen and oxygen atoms in total. The van der Waals surface area contributed by atoms with Gasteiger partial charge in [-0.15, -0.1) is 6.58 Å². The van der Waals surface area contributed by atoms with Gasteiger partial charge in [-0.05, 0) is 42.9 Å². The van der Waals surface area contributed by atoms with E-state index in [9.17, 15) is 33.3 Å². The molecule has 0 aromatic heterocycles. The van der Waals surface area contributed by atoms with Crippen LogP contribution < -0.4 is 31.9 Å². The lowest BCUT2D eigenvalue weighted by atomic mass is 10.0. The van der Waals surface area contributed by atoms with Gasteiger partial charge in [0.2, 0.25) is 35.4 Å². The second-order valence-electron chi connectivity index (χ2n) is 10.7. The van der Waals surface area contributed by atoms with Crippen LogP contribution in [0.4, 0.5) is 0 Å². The maximum atomic E-state index is 13.7. The summed E-state index contributed by atoms with van der Waals surface area (Å²) in [6.45, 7) is 8.02. The van der Waals surface area contributed by atoms with Gasteiger partial charge in [0.15, 0.2) is 0 Å². The van der Waals surface area contributed by atoms with Crippen LogP contribution in [0.25, 0.3) is 0 Å². The van der Waals surface area contributed by atoms with Crippen molar-refractivity contribution in [3.63, 3.8) is 0 Å². The molecule has 0 aliphatic carbocycles. The fraction of sp³-hybridized carbons (Fsp3) is 0.500. The van der Waals surface area contributed by atoms with Gasteiger partial charge in [-0.3, -0.25) is 38.6 Å². The maximum absolute atomic E-state index is 13.7. The van der Waals surface area contributed by atoms with Gasteiger partial charge < -0.3 is 36.8 Å². The lowest BCUT2D eigenvalue weighted by Gasteiger charge is -2.29. The predicted molar refractivity (Wildman–Crippen MR) is 163 cm³/mol. The highest BCUT2D eigenvalue weighted by molar-refractivity contribution is 7.46. The largest absolute Gasteiger partial charge is 0.524 e. The first kappa shape index (κ1) is 38.8. The summed E-state index contributed by atoms with van der Waals surface area (Å²) in [7, 11) is -4.79. The highest BCUT2D eigenvalue weighted by Crippen LogP contribution is 2.37. The van der Waals surface area contributed by atoms with Crippen LogP contribution in [0.15, 0.2) is 36.9 Å². The molecule has 0 aliphatic rings. The summed E-state index contributed by atoms with van der Waals surface area (Å²) >= 11 is 0. The van der Waals surface area contributed by atoms with E-state index < -0.39 is 67.9 Å². The van der Waals surface area contributed by atoms with E-state index >= 15 is 0 Å². The number of benzene rings is 1. The smallest absolute Gasteiger partial charge is 0.404 e. The van der Waals surface area contributed by atoms with Crippen LogP contribution in [0.1, 0.15) is 52.0 Å². The van der Waals surface area contributed by atoms with Crippen molar-refractivity contribution in [2.45, 2.75) is 71.0 Å². The van der Waals surface area contributed by atoms with Crippen molar-refractivity contribution in [3.05, 3.63) is 42.5 Å². The van der Waals surface area contributed by atoms with Gasteiger partial charge in [0, 0.05) is 26.3 Å². The maximum Gasteiger partial charge on any atom is 0.524 e. The summed E-state index contributed by atoms with van der Waals surface area (Å²) < 4.78 is 15.6. The minimum absolute atomic E-state index is 0.0161. The van der Waals surface area contributed by atoms with Crippen LogP contribution in [-0.2, 0) is 39.8 Å². The Hall–Kier alpha value is -4.27. The zero-order valence-electron chi connectivity index (χ0n) is 25.6. The Morgan fingerprint density at radius 1 is 1.00 bits per heavy atom. The number of phosphoric ester groups is 1. The lowest BCUT2D eigenvalue weighted by Crippen LogP contribution is -2.56. The molecule has 1 aromatic carbocycles. The van der Waals surface area contributed by atoms with Gasteiger partial charge in [-0.25, -0.2) is 4.57 Å². The molecule has 3 atom stereocenters. The van der Waals surface area contributed by atoms with Gasteiger partial charge >= 0.3 is 7.82 Å². The number of carbonyl (C=O) groups excluding carboxylic acids is 6. The second-order valence-corrected chi connectivity index (χ2v) is 11.9. The van der Waals surface area contributed by atoms with Gasteiger partial charge in [-0.1, -0.05) is 32.1 Å². The van der Waals surface area contributed by atoms with Crippen LogP contribution in [0.2, 0.25) is 0 Å². The third kappa shape index (κ3) is 15.9.